The van der Waals surface area contributed by atoms with E-state index in [2.05, 4.69) is 10.6 Å². The molecule has 0 aliphatic carbocycles. The first-order chi connectivity index (χ1) is 9.66. The number of rotatable bonds is 4. The molecular weight excluding hydrogens is 261 g/mol. The summed E-state index contributed by atoms with van der Waals surface area (Å²) in [5, 5.41) is 5.80. The number of hydrogen-bond donors (Lipinski definition) is 2. The number of carbonyl (C=O) groups excluding carboxylic acids is 2. The van der Waals surface area contributed by atoms with E-state index in [1.807, 2.05) is 0 Å². The Morgan fingerprint density at radius 1 is 1.30 bits per heavy atom. The molecule has 0 bridgehead atoms. The van der Waals surface area contributed by atoms with Crippen LogP contribution in [0.1, 0.15) is 16.8 Å². The second-order valence-corrected chi connectivity index (χ2v) is 4.65. The van der Waals surface area contributed by atoms with E-state index < -0.39 is 5.82 Å². The van der Waals surface area contributed by atoms with Crippen molar-refractivity contribution in [2.45, 2.75) is 6.42 Å². The van der Waals surface area contributed by atoms with Gasteiger partial charge in [-0.3, -0.25) is 9.59 Å². The zero-order valence-electron chi connectivity index (χ0n) is 11.2. The minimum atomic E-state index is -0.449. The molecule has 0 spiro atoms. The van der Waals surface area contributed by atoms with Crippen molar-refractivity contribution in [1.29, 1.82) is 0 Å². The summed E-state index contributed by atoms with van der Waals surface area (Å²) in [5.41, 5.74) is 0.264. The summed E-state index contributed by atoms with van der Waals surface area (Å²) in [6, 6.07) is 5.48. The average Bonchev–Trinajstić information content (AvgIpc) is 2.48. The predicted molar refractivity (Wildman–Crippen MR) is 72.8 cm³/mol. The Hall–Kier alpha value is -1.95. The number of nitrogens with zero attached hydrogens (tertiary/aromatic N) is 1. The van der Waals surface area contributed by atoms with Crippen LogP contribution in [-0.4, -0.2) is 49.4 Å². The van der Waals surface area contributed by atoms with Crippen LogP contribution < -0.4 is 10.6 Å². The molecule has 0 radical (unpaired) electrons. The summed E-state index contributed by atoms with van der Waals surface area (Å²) in [5.74, 6) is -0.779. The molecular formula is C14H18FN3O2. The quantitative estimate of drug-likeness (QED) is 0.837. The Labute approximate surface area is 117 Å². The molecule has 0 saturated carbocycles. The topological polar surface area (TPSA) is 61.4 Å². The van der Waals surface area contributed by atoms with E-state index in [-0.39, 0.29) is 30.3 Å². The van der Waals surface area contributed by atoms with Crippen molar-refractivity contribution in [3.63, 3.8) is 0 Å². The Bertz CT molecular complexity index is 487. The highest BCUT2D eigenvalue weighted by atomic mass is 19.1. The first-order valence-electron chi connectivity index (χ1n) is 6.69. The lowest BCUT2D eigenvalue weighted by molar-refractivity contribution is -0.131. The predicted octanol–water partition coefficient (Wildman–Crippen LogP) is 0.377. The van der Waals surface area contributed by atoms with Gasteiger partial charge in [-0.15, -0.1) is 0 Å². The molecule has 2 N–H and O–H groups in total. The molecule has 6 heteroatoms. The van der Waals surface area contributed by atoms with E-state index in [9.17, 15) is 14.0 Å². The zero-order valence-corrected chi connectivity index (χ0v) is 11.2. The van der Waals surface area contributed by atoms with Gasteiger partial charge in [0, 0.05) is 44.7 Å². The third-order valence-electron chi connectivity index (χ3n) is 3.18. The Morgan fingerprint density at radius 2 is 2.05 bits per heavy atom. The molecule has 0 atom stereocenters. The second kappa shape index (κ2) is 7.00. The highest BCUT2D eigenvalue weighted by molar-refractivity contribution is 5.94. The normalized spacial score (nSPS) is 14.9. The Balaban J connectivity index is 1.75. The molecule has 108 valence electrons. The van der Waals surface area contributed by atoms with Gasteiger partial charge in [0.2, 0.25) is 5.91 Å². The summed E-state index contributed by atoms with van der Waals surface area (Å²) in [4.78, 5) is 25.4. The Morgan fingerprint density at radius 3 is 2.75 bits per heavy atom. The average molecular weight is 279 g/mol. The van der Waals surface area contributed by atoms with Crippen LogP contribution in [0, 0.1) is 5.82 Å². The highest BCUT2D eigenvalue weighted by Gasteiger charge is 2.16. The minimum absolute atomic E-state index is 0.0334. The number of piperazine rings is 1. The number of amides is 2. The summed E-state index contributed by atoms with van der Waals surface area (Å²) in [6.07, 6.45) is 0.265. The monoisotopic (exact) mass is 279 g/mol. The first-order valence-corrected chi connectivity index (χ1v) is 6.69. The largest absolute Gasteiger partial charge is 0.352 e. The molecule has 5 nitrogen and oxygen atoms in total. The molecule has 1 heterocycles. The number of benzene rings is 1. The second-order valence-electron chi connectivity index (χ2n) is 4.65. The Kier molecular flexibility index (Phi) is 5.06. The van der Waals surface area contributed by atoms with Crippen molar-refractivity contribution in [3.8, 4) is 0 Å². The smallest absolute Gasteiger partial charge is 0.251 e. The molecule has 1 aromatic carbocycles. The van der Waals surface area contributed by atoms with Gasteiger partial charge < -0.3 is 15.5 Å². The van der Waals surface area contributed by atoms with E-state index in [4.69, 9.17) is 0 Å². The molecule has 2 rings (SSSR count). The van der Waals surface area contributed by atoms with Gasteiger partial charge in [0.25, 0.3) is 5.91 Å². The fourth-order valence-electron chi connectivity index (χ4n) is 2.09. The van der Waals surface area contributed by atoms with Crippen LogP contribution in [0.15, 0.2) is 24.3 Å². The van der Waals surface area contributed by atoms with Crippen molar-refractivity contribution < 1.29 is 14.0 Å². The maximum atomic E-state index is 13.0. The number of halogens is 1. The van der Waals surface area contributed by atoms with Gasteiger partial charge in [-0.05, 0) is 18.2 Å². The van der Waals surface area contributed by atoms with Crippen LogP contribution in [0.25, 0.3) is 0 Å². The van der Waals surface area contributed by atoms with Gasteiger partial charge in [-0.2, -0.15) is 0 Å². The van der Waals surface area contributed by atoms with Crippen molar-refractivity contribution in [2.75, 3.05) is 32.7 Å². The minimum Gasteiger partial charge on any atom is -0.352 e. The molecule has 1 aliphatic rings. The van der Waals surface area contributed by atoms with Crippen molar-refractivity contribution in [1.82, 2.24) is 15.5 Å². The van der Waals surface area contributed by atoms with Gasteiger partial charge >= 0.3 is 0 Å². The van der Waals surface area contributed by atoms with Crippen LogP contribution in [0.4, 0.5) is 4.39 Å². The van der Waals surface area contributed by atoms with Crippen LogP contribution in [0.3, 0.4) is 0 Å². The van der Waals surface area contributed by atoms with Crippen molar-refractivity contribution >= 4 is 11.8 Å². The maximum Gasteiger partial charge on any atom is 0.251 e. The van der Waals surface area contributed by atoms with Gasteiger partial charge in [0.15, 0.2) is 0 Å². The summed E-state index contributed by atoms with van der Waals surface area (Å²) in [7, 11) is 0. The molecule has 2 amide bonds. The highest BCUT2D eigenvalue weighted by Crippen LogP contribution is 2.03. The van der Waals surface area contributed by atoms with Crippen LogP contribution in [0.2, 0.25) is 0 Å². The number of nitrogens with one attached hydrogen (secondary N) is 2. The SMILES string of the molecule is O=C(NCCC(=O)N1CCNCC1)c1cccc(F)c1. The zero-order chi connectivity index (χ0) is 14.4. The molecule has 0 aromatic heterocycles. The van der Waals surface area contributed by atoms with Gasteiger partial charge in [0.05, 0.1) is 0 Å². The molecule has 0 unspecified atom stereocenters. The summed E-state index contributed by atoms with van der Waals surface area (Å²) >= 11 is 0. The van der Waals surface area contributed by atoms with Gasteiger partial charge in [-0.1, -0.05) is 6.07 Å². The number of carbonyl (C=O) groups is 2. The number of hydrogen-bond acceptors (Lipinski definition) is 3. The lowest BCUT2D eigenvalue weighted by Crippen LogP contribution is -2.47. The molecule has 1 aliphatic heterocycles. The van der Waals surface area contributed by atoms with Crippen LogP contribution in [-0.2, 0) is 4.79 Å². The molecule has 1 aromatic rings. The summed E-state index contributed by atoms with van der Waals surface area (Å²) in [6.45, 7) is 3.29. The first kappa shape index (κ1) is 14.5. The van der Waals surface area contributed by atoms with E-state index in [0.717, 1.165) is 13.1 Å². The molecule has 1 fully saturated rings. The van der Waals surface area contributed by atoms with E-state index in [1.165, 1.54) is 24.3 Å². The van der Waals surface area contributed by atoms with E-state index >= 15 is 0 Å². The molecule has 1 saturated heterocycles. The third kappa shape index (κ3) is 4.03. The lowest BCUT2D eigenvalue weighted by Gasteiger charge is -2.27. The van der Waals surface area contributed by atoms with E-state index in [1.54, 1.807) is 4.90 Å². The standard InChI is InChI=1S/C14H18FN3O2/c15-12-3-1-2-11(10-12)14(20)17-5-4-13(19)18-8-6-16-7-9-18/h1-3,10,16H,4-9H2,(H,17,20). The van der Waals surface area contributed by atoms with Crippen molar-refractivity contribution in [2.24, 2.45) is 0 Å². The maximum absolute atomic E-state index is 13.0. The van der Waals surface area contributed by atoms with Crippen LogP contribution >= 0.6 is 0 Å². The van der Waals surface area contributed by atoms with Gasteiger partial charge in [0.1, 0.15) is 5.82 Å². The lowest BCUT2D eigenvalue weighted by atomic mass is 10.2. The van der Waals surface area contributed by atoms with Crippen LogP contribution in [0.5, 0.6) is 0 Å². The fourth-order valence-corrected chi connectivity index (χ4v) is 2.09. The summed E-state index contributed by atoms with van der Waals surface area (Å²) < 4.78 is 13.0. The third-order valence-corrected chi connectivity index (χ3v) is 3.18. The van der Waals surface area contributed by atoms with Crippen molar-refractivity contribution in [3.05, 3.63) is 35.6 Å². The van der Waals surface area contributed by atoms with E-state index in [0.29, 0.717) is 13.1 Å². The fraction of sp³-hybridized carbons (Fsp3) is 0.429. The van der Waals surface area contributed by atoms with Gasteiger partial charge in [-0.25, -0.2) is 4.39 Å². The molecule has 20 heavy (non-hydrogen) atoms.